The Labute approximate surface area is 111 Å². The average molecular weight is 254 g/mol. The second-order valence-electron chi connectivity index (χ2n) is 4.04. The van der Waals surface area contributed by atoms with Crippen LogP contribution in [0.4, 0.5) is 11.4 Å². The molecule has 0 radical (unpaired) electrons. The van der Waals surface area contributed by atoms with E-state index in [1.807, 2.05) is 42.3 Å². The lowest BCUT2D eigenvalue weighted by Gasteiger charge is -2.12. The highest BCUT2D eigenvalue weighted by Gasteiger charge is 2.01. The van der Waals surface area contributed by atoms with Crippen LogP contribution < -0.4 is 4.90 Å². The zero-order valence-electron chi connectivity index (χ0n) is 10.5. The number of carboxylic acid groups (broad SMARTS) is 1. The van der Waals surface area contributed by atoms with Crippen LogP contribution >= 0.6 is 0 Å². The molecule has 19 heavy (non-hydrogen) atoms. The fraction of sp³-hybridized carbons (Fsp3) is 0.0667. The molecular formula is C15H14N2O2. The molecule has 2 aromatic rings. The van der Waals surface area contributed by atoms with Gasteiger partial charge >= 0.3 is 5.97 Å². The van der Waals surface area contributed by atoms with Crippen LogP contribution in [0.15, 0.2) is 59.6 Å². The predicted octanol–water partition coefficient (Wildman–Crippen LogP) is 3.18. The summed E-state index contributed by atoms with van der Waals surface area (Å²) >= 11 is 0. The number of benzene rings is 2. The normalized spacial score (nSPS) is 10.6. The van der Waals surface area contributed by atoms with Crippen molar-refractivity contribution in [2.75, 3.05) is 11.9 Å². The van der Waals surface area contributed by atoms with Crippen molar-refractivity contribution in [1.29, 1.82) is 0 Å². The van der Waals surface area contributed by atoms with Crippen molar-refractivity contribution in [3.8, 4) is 0 Å². The zero-order chi connectivity index (χ0) is 13.7. The summed E-state index contributed by atoms with van der Waals surface area (Å²) in [6, 6.07) is 16.3. The summed E-state index contributed by atoms with van der Waals surface area (Å²) in [4.78, 5) is 16.9. The topological polar surface area (TPSA) is 52.9 Å². The third kappa shape index (κ3) is 3.42. The molecule has 4 nitrogen and oxygen atoms in total. The van der Waals surface area contributed by atoms with Crippen LogP contribution in [-0.2, 0) is 0 Å². The number of hydrogen-bond acceptors (Lipinski definition) is 2. The van der Waals surface area contributed by atoms with Crippen LogP contribution in [0.2, 0.25) is 0 Å². The summed E-state index contributed by atoms with van der Waals surface area (Å²) in [5, 5.41) is 8.80. The van der Waals surface area contributed by atoms with E-state index in [2.05, 4.69) is 4.99 Å². The maximum Gasteiger partial charge on any atom is 0.335 e. The van der Waals surface area contributed by atoms with E-state index in [1.54, 1.807) is 18.5 Å². The van der Waals surface area contributed by atoms with Crippen LogP contribution in [-0.4, -0.2) is 24.5 Å². The fourth-order valence-corrected chi connectivity index (χ4v) is 1.57. The molecule has 0 bridgehead atoms. The minimum atomic E-state index is -0.933. The van der Waals surface area contributed by atoms with E-state index in [4.69, 9.17) is 5.11 Å². The maximum absolute atomic E-state index is 10.7. The van der Waals surface area contributed by atoms with Gasteiger partial charge in [-0.05, 0) is 36.4 Å². The molecule has 0 amide bonds. The number of rotatable bonds is 4. The number of carboxylic acids is 1. The van der Waals surface area contributed by atoms with Gasteiger partial charge in [-0.1, -0.05) is 18.2 Å². The number of aromatic carboxylic acids is 1. The Morgan fingerprint density at radius 2 is 1.74 bits per heavy atom. The van der Waals surface area contributed by atoms with Gasteiger partial charge in [-0.25, -0.2) is 9.79 Å². The summed E-state index contributed by atoms with van der Waals surface area (Å²) in [6.45, 7) is 0. The molecule has 0 unspecified atom stereocenters. The molecule has 2 aromatic carbocycles. The first-order chi connectivity index (χ1) is 9.16. The molecule has 96 valence electrons. The highest BCUT2D eigenvalue weighted by molar-refractivity contribution is 5.88. The van der Waals surface area contributed by atoms with E-state index >= 15 is 0 Å². The van der Waals surface area contributed by atoms with E-state index in [0.717, 1.165) is 5.69 Å². The Morgan fingerprint density at radius 1 is 1.11 bits per heavy atom. The SMILES string of the molecule is CN(/C=N/c1ccc(C(=O)O)cc1)c1ccccc1. The van der Waals surface area contributed by atoms with Gasteiger partial charge in [0.2, 0.25) is 0 Å². The largest absolute Gasteiger partial charge is 0.478 e. The molecule has 0 spiro atoms. The third-order valence-electron chi connectivity index (χ3n) is 2.66. The van der Waals surface area contributed by atoms with Gasteiger partial charge in [0.15, 0.2) is 0 Å². The molecule has 0 saturated carbocycles. The van der Waals surface area contributed by atoms with Gasteiger partial charge in [-0.3, -0.25) is 0 Å². The lowest BCUT2D eigenvalue weighted by atomic mass is 10.2. The smallest absolute Gasteiger partial charge is 0.335 e. The van der Waals surface area contributed by atoms with Crippen LogP contribution in [0, 0.1) is 0 Å². The number of aliphatic imine (C=N–C) groups is 1. The van der Waals surface area contributed by atoms with Crippen LogP contribution in [0.5, 0.6) is 0 Å². The summed E-state index contributed by atoms with van der Waals surface area (Å²) in [7, 11) is 1.91. The summed E-state index contributed by atoms with van der Waals surface area (Å²) in [6.07, 6.45) is 1.70. The minimum absolute atomic E-state index is 0.260. The van der Waals surface area contributed by atoms with E-state index < -0.39 is 5.97 Å². The molecule has 1 N–H and O–H groups in total. The monoisotopic (exact) mass is 254 g/mol. The van der Waals surface area contributed by atoms with Crippen molar-refractivity contribution in [3.05, 3.63) is 60.2 Å². The summed E-state index contributed by atoms with van der Waals surface area (Å²) in [5.74, 6) is -0.933. The van der Waals surface area contributed by atoms with Crippen molar-refractivity contribution in [2.45, 2.75) is 0 Å². The minimum Gasteiger partial charge on any atom is -0.478 e. The van der Waals surface area contributed by atoms with Crippen molar-refractivity contribution in [1.82, 2.24) is 0 Å². The quantitative estimate of drug-likeness (QED) is 0.673. The standard InChI is InChI=1S/C15H14N2O2/c1-17(14-5-3-2-4-6-14)11-16-13-9-7-12(8-10-13)15(18)19/h2-11H,1H3,(H,18,19)/b16-11+. The maximum atomic E-state index is 10.7. The molecule has 0 aliphatic rings. The Kier molecular flexibility index (Phi) is 3.93. The molecule has 0 aliphatic heterocycles. The van der Waals surface area contributed by atoms with Crippen LogP contribution in [0.3, 0.4) is 0 Å². The number of anilines is 1. The fourth-order valence-electron chi connectivity index (χ4n) is 1.57. The number of carbonyl (C=O) groups is 1. The first-order valence-electron chi connectivity index (χ1n) is 5.82. The lowest BCUT2D eigenvalue weighted by molar-refractivity contribution is 0.0697. The predicted molar refractivity (Wildman–Crippen MR) is 76.4 cm³/mol. The first-order valence-corrected chi connectivity index (χ1v) is 5.82. The second kappa shape index (κ2) is 5.82. The number of nitrogens with zero attached hydrogens (tertiary/aromatic N) is 2. The average Bonchev–Trinajstić information content (AvgIpc) is 2.46. The third-order valence-corrected chi connectivity index (χ3v) is 2.66. The molecule has 0 atom stereocenters. The summed E-state index contributed by atoms with van der Waals surface area (Å²) in [5.41, 5.74) is 2.01. The molecule has 0 aromatic heterocycles. The molecular weight excluding hydrogens is 240 g/mol. The van der Waals surface area contributed by atoms with E-state index in [-0.39, 0.29) is 5.56 Å². The highest BCUT2D eigenvalue weighted by Crippen LogP contribution is 2.14. The zero-order valence-corrected chi connectivity index (χ0v) is 10.5. The molecule has 4 heteroatoms. The molecule has 0 saturated heterocycles. The van der Waals surface area contributed by atoms with Crippen LogP contribution in [0.25, 0.3) is 0 Å². The highest BCUT2D eigenvalue weighted by atomic mass is 16.4. The van der Waals surface area contributed by atoms with Gasteiger partial charge in [0.25, 0.3) is 0 Å². The molecule has 0 heterocycles. The van der Waals surface area contributed by atoms with E-state index in [1.165, 1.54) is 12.1 Å². The van der Waals surface area contributed by atoms with Gasteiger partial charge < -0.3 is 10.0 Å². The Hall–Kier alpha value is -2.62. The Balaban J connectivity index is 2.08. The van der Waals surface area contributed by atoms with Crippen molar-refractivity contribution < 1.29 is 9.90 Å². The van der Waals surface area contributed by atoms with Crippen molar-refractivity contribution in [2.24, 2.45) is 4.99 Å². The molecule has 0 fully saturated rings. The van der Waals surface area contributed by atoms with Gasteiger partial charge in [0.05, 0.1) is 17.6 Å². The van der Waals surface area contributed by atoms with Gasteiger partial charge in [-0.15, -0.1) is 0 Å². The number of para-hydroxylation sites is 1. The Morgan fingerprint density at radius 3 is 2.32 bits per heavy atom. The molecule has 0 aliphatic carbocycles. The van der Waals surface area contributed by atoms with Crippen molar-refractivity contribution >= 4 is 23.7 Å². The van der Waals surface area contributed by atoms with Crippen LogP contribution in [0.1, 0.15) is 10.4 Å². The van der Waals surface area contributed by atoms with E-state index in [9.17, 15) is 4.79 Å². The lowest BCUT2D eigenvalue weighted by Crippen LogP contribution is -2.13. The number of hydrogen-bond donors (Lipinski definition) is 1. The van der Waals surface area contributed by atoms with Gasteiger partial charge in [0.1, 0.15) is 0 Å². The second-order valence-corrected chi connectivity index (χ2v) is 4.04. The van der Waals surface area contributed by atoms with Gasteiger partial charge in [0, 0.05) is 12.7 Å². The first kappa shape index (κ1) is 12.8. The van der Waals surface area contributed by atoms with Gasteiger partial charge in [-0.2, -0.15) is 0 Å². The Bertz CT molecular complexity index is 577. The van der Waals surface area contributed by atoms with E-state index in [0.29, 0.717) is 5.69 Å². The summed E-state index contributed by atoms with van der Waals surface area (Å²) < 4.78 is 0. The molecule has 2 rings (SSSR count). The van der Waals surface area contributed by atoms with Crippen molar-refractivity contribution in [3.63, 3.8) is 0 Å².